The van der Waals surface area contributed by atoms with Crippen molar-refractivity contribution in [1.29, 1.82) is 0 Å². The molecular formula is C7H8Na2O3. The Bertz CT molecular complexity index is 234. The van der Waals surface area contributed by atoms with Crippen molar-refractivity contribution in [3.05, 3.63) is 30.3 Å². The van der Waals surface area contributed by atoms with E-state index in [1.807, 2.05) is 0 Å². The molecule has 1 aromatic rings. The molecule has 0 saturated carbocycles. The van der Waals surface area contributed by atoms with Crippen molar-refractivity contribution in [2.75, 3.05) is 0 Å². The zero-order valence-electron chi connectivity index (χ0n) is 9.15. The summed E-state index contributed by atoms with van der Waals surface area (Å²) >= 11 is 0. The fourth-order valence-electron chi connectivity index (χ4n) is 0.589. The maximum atomic E-state index is 9.95. The molecule has 0 aliphatic carbocycles. The number of benzene rings is 1. The minimum absolute atomic E-state index is 0. The Labute approximate surface area is 118 Å². The van der Waals surface area contributed by atoms with Gasteiger partial charge < -0.3 is 12.7 Å². The van der Waals surface area contributed by atoms with Crippen LogP contribution in [-0.4, -0.2) is 11.3 Å². The van der Waals surface area contributed by atoms with E-state index in [2.05, 4.69) is 4.74 Å². The number of carboxylic acid groups (broad SMARTS) is 1. The van der Waals surface area contributed by atoms with Gasteiger partial charge in [-0.25, -0.2) is 4.79 Å². The summed E-state index contributed by atoms with van der Waals surface area (Å²) in [6.45, 7) is 0. The molecule has 1 N–H and O–H groups in total. The van der Waals surface area contributed by atoms with Crippen molar-refractivity contribution in [2.45, 2.75) is 0 Å². The van der Waals surface area contributed by atoms with E-state index in [9.17, 15) is 4.79 Å². The Morgan fingerprint density at radius 2 is 1.75 bits per heavy atom. The minimum Gasteiger partial charge on any atom is -1.00 e. The van der Waals surface area contributed by atoms with Gasteiger partial charge in [-0.05, 0) is 12.1 Å². The molecule has 0 spiro atoms. The fourth-order valence-corrected chi connectivity index (χ4v) is 0.589. The van der Waals surface area contributed by atoms with Crippen LogP contribution in [0.2, 0.25) is 0 Å². The van der Waals surface area contributed by atoms with E-state index in [1.54, 1.807) is 30.3 Å². The summed E-state index contributed by atoms with van der Waals surface area (Å²) < 4.78 is 4.33. The van der Waals surface area contributed by atoms with Crippen LogP contribution in [0.15, 0.2) is 30.3 Å². The van der Waals surface area contributed by atoms with Gasteiger partial charge in [-0.3, -0.25) is 0 Å². The Morgan fingerprint density at radius 1 is 1.25 bits per heavy atom. The molecular weight excluding hydrogens is 178 g/mol. The second-order valence-corrected chi connectivity index (χ2v) is 1.68. The molecule has 0 saturated heterocycles. The fraction of sp³-hybridized carbons (Fsp3) is 0. The molecule has 0 bridgehead atoms. The third-order valence-corrected chi connectivity index (χ3v) is 0.948. The van der Waals surface area contributed by atoms with E-state index in [0.717, 1.165) is 0 Å². The van der Waals surface area contributed by atoms with E-state index in [4.69, 9.17) is 5.11 Å². The molecule has 56 valence electrons. The van der Waals surface area contributed by atoms with Crippen LogP contribution >= 0.6 is 0 Å². The first kappa shape index (κ1) is 15.0. The molecule has 0 heterocycles. The maximum absolute atomic E-state index is 9.95. The largest absolute Gasteiger partial charge is 1.00 e. The molecule has 12 heavy (non-hydrogen) atoms. The first-order valence-electron chi connectivity index (χ1n) is 2.75. The van der Waals surface area contributed by atoms with Gasteiger partial charge in [0.15, 0.2) is 0 Å². The zero-order valence-corrected chi connectivity index (χ0v) is 11.2. The Balaban J connectivity index is -0.000000125. The predicted molar refractivity (Wildman–Crippen MR) is 37.3 cm³/mol. The Kier molecular flexibility index (Phi) is 10.1. The zero-order chi connectivity index (χ0) is 7.40. The summed E-state index contributed by atoms with van der Waals surface area (Å²) in [4.78, 5) is 9.95. The normalized spacial score (nSPS) is 7.33. The van der Waals surface area contributed by atoms with Crippen molar-refractivity contribution in [1.82, 2.24) is 0 Å². The van der Waals surface area contributed by atoms with E-state index >= 15 is 0 Å². The molecule has 0 atom stereocenters. The van der Waals surface area contributed by atoms with Gasteiger partial charge in [-0.1, -0.05) is 18.2 Å². The van der Waals surface area contributed by atoms with Crippen LogP contribution in [0.25, 0.3) is 0 Å². The van der Waals surface area contributed by atoms with Crippen LogP contribution in [0.1, 0.15) is 2.85 Å². The average Bonchev–Trinajstić information content (AvgIpc) is 1.88. The van der Waals surface area contributed by atoms with Crippen LogP contribution in [0.4, 0.5) is 4.79 Å². The molecule has 0 fully saturated rings. The van der Waals surface area contributed by atoms with Crippen LogP contribution < -0.4 is 63.9 Å². The van der Waals surface area contributed by atoms with Crippen molar-refractivity contribution in [3.63, 3.8) is 0 Å². The van der Waals surface area contributed by atoms with Crippen LogP contribution in [0.3, 0.4) is 0 Å². The SMILES string of the molecule is O=C(O)Oc1ccccc1.[H-].[H-].[Na+].[Na+]. The summed E-state index contributed by atoms with van der Waals surface area (Å²) in [5.41, 5.74) is 0. The van der Waals surface area contributed by atoms with E-state index in [0.29, 0.717) is 5.75 Å². The van der Waals surface area contributed by atoms with Gasteiger partial charge in [0.05, 0.1) is 0 Å². The minimum atomic E-state index is -1.29. The van der Waals surface area contributed by atoms with Gasteiger partial charge in [0.2, 0.25) is 0 Å². The summed E-state index contributed by atoms with van der Waals surface area (Å²) in [7, 11) is 0. The van der Waals surface area contributed by atoms with Gasteiger partial charge in [0, 0.05) is 0 Å². The Morgan fingerprint density at radius 3 is 2.17 bits per heavy atom. The smallest absolute Gasteiger partial charge is 1.00 e. The van der Waals surface area contributed by atoms with Crippen molar-refractivity contribution >= 4 is 6.16 Å². The van der Waals surface area contributed by atoms with Gasteiger partial charge in [-0.2, -0.15) is 0 Å². The van der Waals surface area contributed by atoms with E-state index in [-0.39, 0.29) is 62.0 Å². The van der Waals surface area contributed by atoms with E-state index < -0.39 is 6.16 Å². The number of rotatable bonds is 1. The molecule has 0 radical (unpaired) electrons. The summed E-state index contributed by atoms with van der Waals surface area (Å²) in [5.74, 6) is 0.343. The molecule has 1 aromatic carbocycles. The number of carbonyl (C=O) groups is 1. The molecule has 0 aliphatic heterocycles. The summed E-state index contributed by atoms with van der Waals surface area (Å²) in [6.07, 6.45) is -1.29. The van der Waals surface area contributed by atoms with Gasteiger partial charge in [0.1, 0.15) is 5.75 Å². The predicted octanol–water partition coefficient (Wildman–Crippen LogP) is -4.02. The quantitative estimate of drug-likeness (QED) is 0.276. The number of hydrogen-bond donors (Lipinski definition) is 1. The van der Waals surface area contributed by atoms with Gasteiger partial charge >= 0.3 is 65.3 Å². The standard InChI is InChI=1S/C7H6O3.2Na.2H/c8-7(9)10-6-4-2-1-3-5-6;;;;/h1-5H,(H,8,9);;;;/q;2*+1;2*-1. The van der Waals surface area contributed by atoms with Gasteiger partial charge in [-0.15, -0.1) is 0 Å². The summed E-state index contributed by atoms with van der Waals surface area (Å²) in [6, 6.07) is 8.35. The van der Waals surface area contributed by atoms with Crippen LogP contribution in [-0.2, 0) is 0 Å². The van der Waals surface area contributed by atoms with Crippen LogP contribution in [0, 0.1) is 0 Å². The number of ether oxygens (including phenoxy) is 1. The second-order valence-electron chi connectivity index (χ2n) is 1.68. The topological polar surface area (TPSA) is 46.5 Å². The maximum Gasteiger partial charge on any atom is 1.00 e. The first-order chi connectivity index (χ1) is 4.79. The molecule has 5 heteroatoms. The molecule has 1 rings (SSSR count). The van der Waals surface area contributed by atoms with Crippen LogP contribution in [0.5, 0.6) is 5.75 Å². The Hall–Kier alpha value is 0.490. The molecule has 3 nitrogen and oxygen atoms in total. The van der Waals surface area contributed by atoms with Gasteiger partial charge in [0.25, 0.3) is 0 Å². The number of para-hydroxylation sites is 1. The molecule has 0 aromatic heterocycles. The average molecular weight is 186 g/mol. The monoisotopic (exact) mass is 186 g/mol. The second kappa shape index (κ2) is 8.10. The summed E-state index contributed by atoms with van der Waals surface area (Å²) in [5, 5.41) is 8.14. The third kappa shape index (κ3) is 6.06. The van der Waals surface area contributed by atoms with Crippen molar-refractivity contribution < 1.29 is 76.6 Å². The first-order valence-corrected chi connectivity index (χ1v) is 2.75. The number of hydrogen-bond acceptors (Lipinski definition) is 2. The van der Waals surface area contributed by atoms with E-state index in [1.165, 1.54) is 0 Å². The van der Waals surface area contributed by atoms with Crippen molar-refractivity contribution in [2.24, 2.45) is 0 Å². The van der Waals surface area contributed by atoms with Crippen molar-refractivity contribution in [3.8, 4) is 5.75 Å². The third-order valence-electron chi connectivity index (χ3n) is 0.948. The molecule has 0 unspecified atom stereocenters. The molecule has 0 amide bonds. The molecule has 0 aliphatic rings.